The van der Waals surface area contributed by atoms with Crippen molar-refractivity contribution >= 4 is 23.2 Å². The fourth-order valence-corrected chi connectivity index (χ4v) is 3.40. The van der Waals surface area contributed by atoms with Crippen LogP contribution in [0.25, 0.3) is 10.8 Å². The first-order chi connectivity index (χ1) is 10.5. The van der Waals surface area contributed by atoms with Gasteiger partial charge in [-0.2, -0.15) is 0 Å². The van der Waals surface area contributed by atoms with Gasteiger partial charge in [-0.3, -0.25) is 9.59 Å². The van der Waals surface area contributed by atoms with E-state index in [9.17, 15) is 9.59 Å². The predicted octanol–water partition coefficient (Wildman–Crippen LogP) is 2.69. The molecule has 2 aromatic rings. The third-order valence-corrected chi connectivity index (χ3v) is 4.66. The maximum atomic E-state index is 12.2. The van der Waals surface area contributed by atoms with Crippen LogP contribution in [-0.2, 0) is 4.79 Å². The fourth-order valence-electron chi connectivity index (χ4n) is 2.64. The lowest BCUT2D eigenvalue weighted by Crippen LogP contribution is -2.33. The summed E-state index contributed by atoms with van der Waals surface area (Å²) in [7, 11) is 0. The van der Waals surface area contributed by atoms with Crippen molar-refractivity contribution in [3.63, 3.8) is 0 Å². The van der Waals surface area contributed by atoms with Gasteiger partial charge >= 0.3 is 5.97 Å². The first kappa shape index (κ1) is 14.8. The molecule has 0 aliphatic heterocycles. The van der Waals surface area contributed by atoms with Crippen LogP contribution in [0.2, 0.25) is 0 Å². The highest BCUT2D eigenvalue weighted by Gasteiger charge is 2.31. The number of furan rings is 1. The monoisotopic (exact) mass is 320 g/mol. The molecule has 2 heterocycles. The second kappa shape index (κ2) is 5.92. The molecule has 0 bridgehead atoms. The number of hydrogen-bond donors (Lipinski definition) is 2. The summed E-state index contributed by atoms with van der Waals surface area (Å²) in [5.41, 5.74) is 0.341. The van der Waals surface area contributed by atoms with Crippen LogP contribution in [0.1, 0.15) is 35.5 Å². The average molecular weight is 320 g/mol. The van der Waals surface area contributed by atoms with E-state index < -0.39 is 5.97 Å². The first-order valence-electron chi connectivity index (χ1n) is 7.09. The highest BCUT2D eigenvalue weighted by Crippen LogP contribution is 2.27. The maximum Gasteiger partial charge on any atom is 0.306 e. The minimum atomic E-state index is -0.791. The molecule has 22 heavy (non-hydrogen) atoms. The molecule has 6 nitrogen and oxygen atoms in total. The Morgan fingerprint density at radius 1 is 1.41 bits per heavy atom. The number of aliphatic carboxylic acids is 1. The van der Waals surface area contributed by atoms with Gasteiger partial charge in [0.05, 0.1) is 5.92 Å². The Bertz CT molecular complexity index is 706. The Balaban J connectivity index is 1.64. The molecule has 1 fully saturated rings. The number of rotatable bonds is 4. The minimum absolute atomic E-state index is 0.0930. The van der Waals surface area contributed by atoms with Crippen LogP contribution in [0.15, 0.2) is 21.9 Å². The number of carboxylic acid groups (broad SMARTS) is 1. The molecule has 1 amide bonds. The summed E-state index contributed by atoms with van der Waals surface area (Å²) in [4.78, 5) is 27.4. The van der Waals surface area contributed by atoms with Gasteiger partial charge in [-0.25, -0.2) is 4.98 Å². The number of amides is 1. The number of carbonyl (C=O) groups is 2. The summed E-state index contributed by atoms with van der Waals surface area (Å²) in [6.45, 7) is 1.85. The number of hydrogen-bond acceptors (Lipinski definition) is 5. The van der Waals surface area contributed by atoms with Crippen LogP contribution in [-0.4, -0.2) is 28.0 Å². The summed E-state index contributed by atoms with van der Waals surface area (Å²) in [6.07, 6.45) is 1.78. The Morgan fingerprint density at radius 3 is 2.86 bits per heavy atom. The van der Waals surface area contributed by atoms with Crippen molar-refractivity contribution in [1.82, 2.24) is 10.3 Å². The molecule has 0 radical (unpaired) electrons. The number of nitrogens with zero attached hydrogens (tertiary/aromatic N) is 1. The molecule has 0 aromatic carbocycles. The van der Waals surface area contributed by atoms with E-state index in [2.05, 4.69) is 10.3 Å². The maximum absolute atomic E-state index is 12.2. The lowest BCUT2D eigenvalue weighted by Gasteiger charge is -2.10. The molecule has 2 N–H and O–H groups in total. The molecule has 0 unspecified atom stereocenters. The number of aryl methyl sites for hydroxylation is 1. The average Bonchev–Trinajstić information content (AvgIpc) is 3.16. The van der Waals surface area contributed by atoms with Gasteiger partial charge in [0.15, 0.2) is 10.8 Å². The first-order valence-corrected chi connectivity index (χ1v) is 7.97. The summed E-state index contributed by atoms with van der Waals surface area (Å²) >= 11 is 1.35. The van der Waals surface area contributed by atoms with Crippen molar-refractivity contribution in [3.8, 4) is 10.8 Å². The standard InChI is InChI=1S/C15H16N2O4S/c1-8-2-5-12(21-8)14-17-11(7-22-14)13(18)16-10-4-3-9(6-10)15(19)20/h2,5,7,9-10H,3-4,6H2,1H3,(H,16,18)(H,19,20)/t9-,10+/m1/s1. The van der Waals surface area contributed by atoms with E-state index in [0.717, 1.165) is 5.76 Å². The van der Waals surface area contributed by atoms with Gasteiger partial charge in [0, 0.05) is 11.4 Å². The molecule has 116 valence electrons. The van der Waals surface area contributed by atoms with Gasteiger partial charge < -0.3 is 14.8 Å². The third-order valence-electron chi connectivity index (χ3n) is 3.81. The van der Waals surface area contributed by atoms with Gasteiger partial charge in [-0.15, -0.1) is 11.3 Å². The van der Waals surface area contributed by atoms with Crippen LogP contribution in [0.5, 0.6) is 0 Å². The summed E-state index contributed by atoms with van der Waals surface area (Å²) in [5.74, 6) is 0.0281. The van der Waals surface area contributed by atoms with E-state index in [1.807, 2.05) is 19.1 Å². The van der Waals surface area contributed by atoms with Gasteiger partial charge in [0.2, 0.25) is 0 Å². The highest BCUT2D eigenvalue weighted by molar-refractivity contribution is 7.13. The van der Waals surface area contributed by atoms with Gasteiger partial charge in [-0.05, 0) is 38.3 Å². The molecule has 1 aliphatic rings. The number of thiazole rings is 1. The van der Waals surface area contributed by atoms with Gasteiger partial charge in [-0.1, -0.05) is 0 Å². The third kappa shape index (κ3) is 3.04. The van der Waals surface area contributed by atoms with Crippen molar-refractivity contribution in [2.75, 3.05) is 0 Å². The second-order valence-corrected chi connectivity index (χ2v) is 6.32. The van der Waals surface area contributed by atoms with Crippen LogP contribution >= 0.6 is 11.3 Å². The van der Waals surface area contributed by atoms with E-state index in [1.54, 1.807) is 5.38 Å². The normalized spacial score (nSPS) is 21.0. The molecule has 3 rings (SSSR count). The van der Waals surface area contributed by atoms with Gasteiger partial charge in [0.1, 0.15) is 11.5 Å². The van der Waals surface area contributed by atoms with Crippen molar-refractivity contribution in [3.05, 3.63) is 29.0 Å². The van der Waals surface area contributed by atoms with Crippen LogP contribution in [0, 0.1) is 12.8 Å². The van der Waals surface area contributed by atoms with Crippen molar-refractivity contribution < 1.29 is 19.1 Å². The Morgan fingerprint density at radius 2 is 2.23 bits per heavy atom. The van der Waals surface area contributed by atoms with Crippen LogP contribution in [0.3, 0.4) is 0 Å². The van der Waals surface area contributed by atoms with E-state index in [4.69, 9.17) is 9.52 Å². The smallest absolute Gasteiger partial charge is 0.306 e. The van der Waals surface area contributed by atoms with Crippen molar-refractivity contribution in [2.45, 2.75) is 32.2 Å². The molecule has 1 saturated carbocycles. The van der Waals surface area contributed by atoms with E-state index in [-0.39, 0.29) is 17.9 Å². The lowest BCUT2D eigenvalue weighted by molar-refractivity contribution is -0.141. The molecule has 1 aliphatic carbocycles. The predicted molar refractivity (Wildman–Crippen MR) is 80.8 cm³/mol. The fraction of sp³-hybridized carbons (Fsp3) is 0.400. The SMILES string of the molecule is Cc1ccc(-c2nc(C(=O)N[C@H]3CC[C@@H](C(=O)O)C3)cs2)o1. The molecular formula is C15H16N2O4S. The molecule has 0 saturated heterocycles. The van der Waals surface area contributed by atoms with E-state index >= 15 is 0 Å². The Kier molecular flexibility index (Phi) is 3.98. The largest absolute Gasteiger partial charge is 0.481 e. The zero-order chi connectivity index (χ0) is 15.7. The zero-order valence-corrected chi connectivity index (χ0v) is 12.9. The highest BCUT2D eigenvalue weighted by atomic mass is 32.1. The number of aromatic nitrogens is 1. The zero-order valence-electron chi connectivity index (χ0n) is 12.0. The molecular weight excluding hydrogens is 304 g/mol. The minimum Gasteiger partial charge on any atom is -0.481 e. The second-order valence-electron chi connectivity index (χ2n) is 5.47. The Hall–Kier alpha value is -2.15. The van der Waals surface area contributed by atoms with E-state index in [0.29, 0.717) is 35.7 Å². The lowest BCUT2D eigenvalue weighted by atomic mass is 10.1. The van der Waals surface area contributed by atoms with Crippen LogP contribution < -0.4 is 5.32 Å². The van der Waals surface area contributed by atoms with Gasteiger partial charge in [0.25, 0.3) is 5.91 Å². The molecule has 7 heteroatoms. The topological polar surface area (TPSA) is 92.4 Å². The number of carboxylic acids is 1. The number of nitrogens with one attached hydrogen (secondary N) is 1. The van der Waals surface area contributed by atoms with Crippen molar-refractivity contribution in [1.29, 1.82) is 0 Å². The summed E-state index contributed by atoms with van der Waals surface area (Å²) in [5, 5.41) is 14.2. The molecule has 0 spiro atoms. The van der Waals surface area contributed by atoms with Crippen molar-refractivity contribution in [2.24, 2.45) is 5.92 Å². The quantitative estimate of drug-likeness (QED) is 0.903. The molecule has 2 atom stereocenters. The molecule has 2 aromatic heterocycles. The Labute approximate surface area is 131 Å². The number of carbonyl (C=O) groups excluding carboxylic acids is 1. The van der Waals surface area contributed by atoms with E-state index in [1.165, 1.54) is 11.3 Å². The summed E-state index contributed by atoms with van der Waals surface area (Å²) in [6, 6.07) is 3.58. The summed E-state index contributed by atoms with van der Waals surface area (Å²) < 4.78 is 5.49. The van der Waals surface area contributed by atoms with Crippen LogP contribution in [0.4, 0.5) is 0 Å².